The van der Waals surface area contributed by atoms with Gasteiger partial charge in [0.15, 0.2) is 5.13 Å². The van der Waals surface area contributed by atoms with Crippen LogP contribution in [0.5, 0.6) is 0 Å². The predicted octanol–water partition coefficient (Wildman–Crippen LogP) is 1.59. The molecule has 98 valence electrons. The van der Waals surface area contributed by atoms with Crippen LogP contribution < -0.4 is 5.32 Å². The van der Waals surface area contributed by atoms with E-state index in [0.717, 1.165) is 6.54 Å². The Morgan fingerprint density at radius 3 is 3.06 bits per heavy atom. The lowest BCUT2D eigenvalue weighted by Gasteiger charge is -2.18. The Morgan fingerprint density at radius 1 is 1.67 bits per heavy atom. The fraction of sp³-hybridized carbons (Fsp3) is 0.583. The molecule has 18 heavy (non-hydrogen) atoms. The van der Waals surface area contributed by atoms with Crippen LogP contribution in [0.15, 0.2) is 11.6 Å². The summed E-state index contributed by atoms with van der Waals surface area (Å²) in [6.07, 6.45) is 1.95. The summed E-state index contributed by atoms with van der Waals surface area (Å²) in [7, 11) is 0. The fourth-order valence-corrected chi connectivity index (χ4v) is 2.59. The lowest BCUT2D eigenvalue weighted by molar-refractivity contribution is -0.128. The average molecular weight is 267 g/mol. The molecule has 0 bridgehead atoms. The Labute approximate surface area is 110 Å². The van der Waals surface area contributed by atoms with Gasteiger partial charge in [0.05, 0.1) is 5.92 Å². The molecule has 0 aliphatic carbocycles. The van der Waals surface area contributed by atoms with Crippen molar-refractivity contribution < 1.29 is 9.59 Å². The minimum atomic E-state index is -0.250. The molecule has 2 rings (SSSR count). The van der Waals surface area contributed by atoms with E-state index in [1.807, 2.05) is 0 Å². The molecule has 1 saturated heterocycles. The first-order valence-corrected chi connectivity index (χ1v) is 6.92. The van der Waals surface area contributed by atoms with Gasteiger partial charge >= 0.3 is 0 Å². The van der Waals surface area contributed by atoms with Crippen LogP contribution in [0.2, 0.25) is 0 Å². The molecule has 1 aromatic rings. The lowest BCUT2D eigenvalue weighted by atomic mass is 10.1. The molecule has 1 N–H and O–H groups in total. The molecule has 0 unspecified atom stereocenters. The van der Waals surface area contributed by atoms with E-state index in [-0.39, 0.29) is 17.7 Å². The Hall–Kier alpha value is -1.43. The van der Waals surface area contributed by atoms with Crippen LogP contribution in [-0.4, -0.2) is 34.8 Å². The summed E-state index contributed by atoms with van der Waals surface area (Å²) in [6, 6.07) is 0. The summed E-state index contributed by atoms with van der Waals surface area (Å²) in [4.78, 5) is 29.5. The Balaban J connectivity index is 1.91. The zero-order valence-corrected chi connectivity index (χ0v) is 11.4. The molecule has 5 nitrogen and oxygen atoms in total. The van der Waals surface area contributed by atoms with E-state index in [2.05, 4.69) is 24.1 Å². The monoisotopic (exact) mass is 267 g/mol. The lowest BCUT2D eigenvalue weighted by Crippen LogP contribution is -2.31. The summed E-state index contributed by atoms with van der Waals surface area (Å²) in [5.41, 5.74) is 0. The number of carbonyl (C=O) groups excluding carboxylic acids is 2. The van der Waals surface area contributed by atoms with Gasteiger partial charge in [0.2, 0.25) is 11.8 Å². The standard InChI is InChI=1S/C12H17N3O2S/c1-8(2)6-15-7-9(5-10(15)16)11(17)14-12-13-3-4-18-12/h3-4,8-9H,5-7H2,1-2H3,(H,13,14,17)/t9-/m1/s1. The fourth-order valence-electron chi connectivity index (χ4n) is 2.06. The maximum Gasteiger partial charge on any atom is 0.231 e. The van der Waals surface area contributed by atoms with Gasteiger partial charge in [0.1, 0.15) is 0 Å². The quantitative estimate of drug-likeness (QED) is 0.901. The van der Waals surface area contributed by atoms with Crippen molar-refractivity contribution >= 4 is 28.3 Å². The van der Waals surface area contributed by atoms with Gasteiger partial charge in [-0.25, -0.2) is 4.98 Å². The Kier molecular flexibility index (Phi) is 3.96. The Morgan fingerprint density at radius 2 is 2.44 bits per heavy atom. The third kappa shape index (κ3) is 3.07. The summed E-state index contributed by atoms with van der Waals surface area (Å²) in [6.45, 7) is 5.38. The zero-order valence-electron chi connectivity index (χ0n) is 10.5. The summed E-state index contributed by atoms with van der Waals surface area (Å²) in [5.74, 6) is 0.141. The zero-order chi connectivity index (χ0) is 13.1. The molecular formula is C12H17N3O2S. The number of nitrogens with zero attached hydrogens (tertiary/aromatic N) is 2. The molecule has 1 aromatic heterocycles. The first-order valence-electron chi connectivity index (χ1n) is 6.04. The highest BCUT2D eigenvalue weighted by atomic mass is 32.1. The molecule has 0 saturated carbocycles. The minimum Gasteiger partial charge on any atom is -0.342 e. The van der Waals surface area contributed by atoms with E-state index in [4.69, 9.17) is 0 Å². The summed E-state index contributed by atoms with van der Waals surface area (Å²) < 4.78 is 0. The van der Waals surface area contributed by atoms with Crippen LogP contribution >= 0.6 is 11.3 Å². The molecule has 0 aromatic carbocycles. The van der Waals surface area contributed by atoms with Crippen LogP contribution in [0.4, 0.5) is 5.13 Å². The largest absolute Gasteiger partial charge is 0.342 e. The molecule has 6 heteroatoms. The molecule has 1 fully saturated rings. The number of thiazole rings is 1. The molecule has 2 heterocycles. The van der Waals surface area contributed by atoms with E-state index in [1.165, 1.54) is 11.3 Å². The van der Waals surface area contributed by atoms with Crippen molar-refractivity contribution in [3.8, 4) is 0 Å². The van der Waals surface area contributed by atoms with Crippen molar-refractivity contribution in [2.45, 2.75) is 20.3 Å². The average Bonchev–Trinajstić information content (AvgIpc) is 2.89. The third-order valence-corrected chi connectivity index (χ3v) is 3.52. The van der Waals surface area contributed by atoms with E-state index in [9.17, 15) is 9.59 Å². The second-order valence-corrected chi connectivity index (χ2v) is 5.81. The molecule has 1 aliphatic heterocycles. The maximum absolute atomic E-state index is 12.0. The predicted molar refractivity (Wildman–Crippen MR) is 70.3 cm³/mol. The molecule has 1 aliphatic rings. The Bertz CT molecular complexity index is 431. The number of rotatable bonds is 4. The maximum atomic E-state index is 12.0. The van der Waals surface area contributed by atoms with Gasteiger partial charge in [-0.15, -0.1) is 11.3 Å². The van der Waals surface area contributed by atoms with E-state index >= 15 is 0 Å². The second-order valence-electron chi connectivity index (χ2n) is 4.92. The SMILES string of the molecule is CC(C)CN1C[C@H](C(=O)Nc2nccs2)CC1=O. The second kappa shape index (κ2) is 5.48. The highest BCUT2D eigenvalue weighted by Crippen LogP contribution is 2.21. The molecule has 1 atom stereocenters. The molecule has 0 radical (unpaired) electrons. The molecular weight excluding hydrogens is 250 g/mol. The van der Waals surface area contributed by atoms with Gasteiger partial charge in [-0.05, 0) is 5.92 Å². The number of likely N-dealkylation sites (tertiary alicyclic amines) is 1. The topological polar surface area (TPSA) is 62.3 Å². The first-order chi connectivity index (χ1) is 8.56. The van der Waals surface area contributed by atoms with Gasteiger partial charge in [-0.3, -0.25) is 9.59 Å². The minimum absolute atomic E-state index is 0.0722. The van der Waals surface area contributed by atoms with Crippen LogP contribution in [0.3, 0.4) is 0 Å². The first kappa shape index (κ1) is 13.0. The number of nitrogens with one attached hydrogen (secondary N) is 1. The van der Waals surface area contributed by atoms with Crippen LogP contribution in [0.25, 0.3) is 0 Å². The highest BCUT2D eigenvalue weighted by molar-refractivity contribution is 7.13. The van der Waals surface area contributed by atoms with Crippen molar-refractivity contribution in [2.24, 2.45) is 11.8 Å². The number of amides is 2. The van der Waals surface area contributed by atoms with E-state index < -0.39 is 0 Å². The van der Waals surface area contributed by atoms with Gasteiger partial charge < -0.3 is 10.2 Å². The summed E-state index contributed by atoms with van der Waals surface area (Å²) >= 11 is 1.38. The summed E-state index contributed by atoms with van der Waals surface area (Å²) in [5, 5.41) is 5.15. The van der Waals surface area contributed by atoms with Crippen molar-refractivity contribution in [2.75, 3.05) is 18.4 Å². The number of hydrogen-bond donors (Lipinski definition) is 1. The van der Waals surface area contributed by atoms with Crippen molar-refractivity contribution in [1.82, 2.24) is 9.88 Å². The van der Waals surface area contributed by atoms with Crippen molar-refractivity contribution in [3.05, 3.63) is 11.6 Å². The highest BCUT2D eigenvalue weighted by Gasteiger charge is 2.34. The number of anilines is 1. The van der Waals surface area contributed by atoms with E-state index in [1.54, 1.807) is 16.5 Å². The van der Waals surface area contributed by atoms with Gasteiger partial charge in [-0.2, -0.15) is 0 Å². The number of hydrogen-bond acceptors (Lipinski definition) is 4. The van der Waals surface area contributed by atoms with E-state index in [0.29, 0.717) is 24.0 Å². The van der Waals surface area contributed by atoms with Crippen LogP contribution in [0.1, 0.15) is 20.3 Å². The molecule has 0 spiro atoms. The van der Waals surface area contributed by atoms with Gasteiger partial charge in [0.25, 0.3) is 0 Å². The van der Waals surface area contributed by atoms with Crippen LogP contribution in [-0.2, 0) is 9.59 Å². The van der Waals surface area contributed by atoms with Crippen LogP contribution in [0, 0.1) is 11.8 Å². The normalized spacial score (nSPS) is 19.6. The molecule has 2 amide bonds. The third-order valence-electron chi connectivity index (χ3n) is 2.83. The van der Waals surface area contributed by atoms with Crippen molar-refractivity contribution in [1.29, 1.82) is 0 Å². The van der Waals surface area contributed by atoms with Crippen molar-refractivity contribution in [3.63, 3.8) is 0 Å². The smallest absolute Gasteiger partial charge is 0.231 e. The number of carbonyl (C=O) groups is 2. The number of aromatic nitrogens is 1. The van der Waals surface area contributed by atoms with Gasteiger partial charge in [-0.1, -0.05) is 13.8 Å². The van der Waals surface area contributed by atoms with Gasteiger partial charge in [0, 0.05) is 31.1 Å².